The van der Waals surface area contributed by atoms with Crippen molar-refractivity contribution in [2.24, 2.45) is 16.5 Å². The first-order valence-corrected chi connectivity index (χ1v) is 8.87. The zero-order valence-corrected chi connectivity index (χ0v) is 15.9. The van der Waals surface area contributed by atoms with Crippen LogP contribution < -0.4 is 27.8 Å². The van der Waals surface area contributed by atoms with Crippen LogP contribution in [0.4, 0.5) is 0 Å². The summed E-state index contributed by atoms with van der Waals surface area (Å²) in [5.74, 6) is -0.933. The highest BCUT2D eigenvalue weighted by Gasteiger charge is 2.24. The fourth-order valence-electron chi connectivity index (χ4n) is 2.39. The van der Waals surface area contributed by atoms with E-state index in [1.54, 1.807) is 0 Å². The zero-order valence-electron chi connectivity index (χ0n) is 15.1. The van der Waals surface area contributed by atoms with Gasteiger partial charge in [0.15, 0.2) is 17.3 Å². The quantitative estimate of drug-likeness (QED) is 0.149. The van der Waals surface area contributed by atoms with Crippen LogP contribution in [0.5, 0.6) is 0 Å². The molecule has 0 aliphatic rings. The van der Waals surface area contributed by atoms with Crippen molar-refractivity contribution in [2.45, 2.75) is 25.4 Å². The summed E-state index contributed by atoms with van der Waals surface area (Å²) < 4.78 is 2.14. The van der Waals surface area contributed by atoms with Gasteiger partial charge >= 0.3 is 5.69 Å². The molecule has 2 aromatic rings. The van der Waals surface area contributed by atoms with Gasteiger partial charge in [-0.15, -0.1) is 16.7 Å². The van der Waals surface area contributed by atoms with Crippen molar-refractivity contribution in [3.63, 3.8) is 0 Å². The van der Waals surface area contributed by atoms with Crippen LogP contribution in [0.1, 0.15) is 23.3 Å². The molecule has 2 rings (SSSR count). The van der Waals surface area contributed by atoms with E-state index in [2.05, 4.69) is 30.9 Å². The number of aromatic nitrogens is 5. The van der Waals surface area contributed by atoms with Gasteiger partial charge in [0.25, 0.3) is 5.91 Å². The maximum atomic E-state index is 12.6. The summed E-state index contributed by atoms with van der Waals surface area (Å²) in [6.07, 6.45) is 1.92. The number of nitrogens with one attached hydrogen (secondary N) is 2. The van der Waals surface area contributed by atoms with E-state index in [1.807, 2.05) is 0 Å². The second-order valence-corrected chi connectivity index (χ2v) is 6.04. The van der Waals surface area contributed by atoms with Gasteiger partial charge in [-0.25, -0.2) is 14.2 Å². The molecule has 0 spiro atoms. The molecule has 0 radical (unpaired) electrons. The van der Waals surface area contributed by atoms with Gasteiger partial charge in [0, 0.05) is 19.5 Å². The summed E-state index contributed by atoms with van der Waals surface area (Å²) in [7, 11) is 1.45. The molecule has 6 N–H and O–H groups in total. The van der Waals surface area contributed by atoms with E-state index in [-0.39, 0.29) is 29.7 Å². The monoisotopic (exact) mass is 412 g/mol. The number of aliphatic imine (C=N–C) groups is 1. The number of amides is 2. The molecule has 0 unspecified atom stereocenters. The highest BCUT2D eigenvalue weighted by Crippen LogP contribution is 2.05. The average Bonchev–Trinajstić information content (AvgIpc) is 3.10. The lowest BCUT2D eigenvalue weighted by molar-refractivity contribution is -0.122. The molecule has 0 saturated carbocycles. The molecule has 0 aliphatic heterocycles. The van der Waals surface area contributed by atoms with Crippen LogP contribution in [0.2, 0.25) is 0 Å². The highest BCUT2D eigenvalue weighted by molar-refractivity contribution is 6.17. The number of fused-ring (bicyclic) bond motifs is 1. The molecule has 14 heteroatoms. The Kier molecular flexibility index (Phi) is 7.26. The van der Waals surface area contributed by atoms with E-state index in [9.17, 15) is 14.4 Å². The minimum atomic E-state index is -0.840. The van der Waals surface area contributed by atoms with Crippen LogP contribution in [-0.2, 0) is 11.3 Å². The normalized spacial score (nSPS) is 11.8. The molecule has 2 heterocycles. The Hall–Kier alpha value is -3.22. The summed E-state index contributed by atoms with van der Waals surface area (Å²) in [4.78, 5) is 44.6. The molecule has 2 aromatic heterocycles. The van der Waals surface area contributed by atoms with Crippen molar-refractivity contribution < 1.29 is 9.59 Å². The Balaban J connectivity index is 2.18. The summed E-state index contributed by atoms with van der Waals surface area (Å²) in [6, 6.07) is -0.840. The number of carbonyl (C=O) groups excluding carboxylic acids is 2. The Morgan fingerprint density at radius 1 is 1.39 bits per heavy atom. The van der Waals surface area contributed by atoms with Crippen LogP contribution in [0, 0.1) is 0 Å². The van der Waals surface area contributed by atoms with Crippen molar-refractivity contribution in [1.82, 2.24) is 35.0 Å². The van der Waals surface area contributed by atoms with E-state index in [0.717, 1.165) is 9.08 Å². The van der Waals surface area contributed by atoms with E-state index >= 15 is 0 Å². The predicted molar refractivity (Wildman–Crippen MR) is 101 cm³/mol. The van der Waals surface area contributed by atoms with Gasteiger partial charge in [-0.3, -0.25) is 14.6 Å². The summed E-state index contributed by atoms with van der Waals surface area (Å²) in [5.41, 5.74) is 9.83. The lowest BCUT2D eigenvalue weighted by Crippen LogP contribution is -2.46. The first kappa shape index (κ1) is 21.1. The maximum absolute atomic E-state index is 12.6. The summed E-state index contributed by atoms with van der Waals surface area (Å²) in [6.45, 7) is 0.474. The number of guanidine groups is 1. The van der Waals surface area contributed by atoms with Gasteiger partial charge in [0.2, 0.25) is 5.91 Å². The molecular formula is C14H21ClN10O3. The first-order chi connectivity index (χ1) is 13.4. The molecule has 0 saturated heterocycles. The smallest absolute Gasteiger partial charge is 0.353 e. The number of nitrogens with two attached hydrogens (primary N) is 2. The van der Waals surface area contributed by atoms with Crippen molar-refractivity contribution >= 4 is 35.0 Å². The minimum absolute atomic E-state index is 0.0236. The lowest BCUT2D eigenvalue weighted by atomic mass is 10.1. The van der Waals surface area contributed by atoms with Gasteiger partial charge in [-0.1, -0.05) is 5.21 Å². The van der Waals surface area contributed by atoms with E-state index < -0.39 is 23.5 Å². The Labute approximate surface area is 164 Å². The van der Waals surface area contributed by atoms with Crippen molar-refractivity contribution in [1.29, 1.82) is 0 Å². The Morgan fingerprint density at radius 2 is 2.14 bits per heavy atom. The highest BCUT2D eigenvalue weighted by atomic mass is 35.5. The van der Waals surface area contributed by atoms with E-state index in [4.69, 9.17) is 23.1 Å². The SMILES string of the molecule is CNC(=O)[C@H](CCCN=C(N)N)NC(=O)c1ncn2c(=O)n(CCCl)nnc12. The molecule has 28 heavy (non-hydrogen) atoms. The fourth-order valence-corrected chi connectivity index (χ4v) is 2.55. The third-order valence-electron chi connectivity index (χ3n) is 3.74. The number of nitrogens with zero attached hydrogens (tertiary/aromatic N) is 6. The van der Waals surface area contributed by atoms with Gasteiger partial charge < -0.3 is 22.1 Å². The Morgan fingerprint density at radius 3 is 2.79 bits per heavy atom. The molecular weight excluding hydrogens is 392 g/mol. The number of likely N-dealkylation sites (N-methyl/N-ethyl adjacent to an activating group) is 1. The second-order valence-electron chi connectivity index (χ2n) is 5.66. The summed E-state index contributed by atoms with van der Waals surface area (Å²) in [5, 5.41) is 12.6. The van der Waals surface area contributed by atoms with Crippen molar-refractivity contribution in [3.8, 4) is 0 Å². The lowest BCUT2D eigenvalue weighted by Gasteiger charge is -2.16. The van der Waals surface area contributed by atoms with E-state index in [1.165, 1.54) is 13.4 Å². The first-order valence-electron chi connectivity index (χ1n) is 8.33. The number of rotatable bonds is 9. The number of carbonyl (C=O) groups is 2. The molecule has 2 amide bonds. The second kappa shape index (κ2) is 9.64. The number of aryl methyl sites for hydroxylation is 1. The van der Waals surface area contributed by atoms with Gasteiger partial charge in [-0.2, -0.15) is 4.68 Å². The van der Waals surface area contributed by atoms with Crippen LogP contribution in [0.25, 0.3) is 5.65 Å². The largest absolute Gasteiger partial charge is 0.370 e. The third kappa shape index (κ3) is 4.94. The summed E-state index contributed by atoms with van der Waals surface area (Å²) >= 11 is 5.61. The van der Waals surface area contributed by atoms with Gasteiger partial charge in [-0.05, 0) is 12.8 Å². The number of halogens is 1. The Bertz CT molecular complexity index is 933. The fraction of sp³-hybridized carbons (Fsp3) is 0.500. The molecule has 0 aliphatic carbocycles. The molecule has 13 nitrogen and oxygen atoms in total. The van der Waals surface area contributed by atoms with Crippen molar-refractivity contribution in [2.75, 3.05) is 19.5 Å². The number of imidazole rings is 1. The van der Waals surface area contributed by atoms with Gasteiger partial charge in [0.1, 0.15) is 12.4 Å². The molecule has 0 aromatic carbocycles. The van der Waals surface area contributed by atoms with Gasteiger partial charge in [0.05, 0.1) is 6.54 Å². The molecule has 0 fully saturated rings. The standard InChI is InChI=1S/C14H21ClN10O3/c1-18-11(26)8(3-2-5-19-13(16)17)21-12(27)9-10-22-23-25(6-4-15)14(28)24(10)7-20-9/h7-8H,2-6H2,1H3,(H,18,26)(H,21,27)(H4,16,17,19)/t8-/m0/s1. The molecule has 152 valence electrons. The van der Waals surface area contributed by atoms with Crippen LogP contribution in [-0.4, -0.2) is 67.7 Å². The topological polar surface area (TPSA) is 188 Å². The van der Waals surface area contributed by atoms with Crippen LogP contribution in [0.3, 0.4) is 0 Å². The predicted octanol–water partition coefficient (Wildman–Crippen LogP) is -2.58. The van der Waals surface area contributed by atoms with Crippen molar-refractivity contribution in [3.05, 3.63) is 22.5 Å². The number of hydrogen-bond acceptors (Lipinski definition) is 7. The maximum Gasteiger partial charge on any atom is 0.353 e. The number of alkyl halides is 1. The minimum Gasteiger partial charge on any atom is -0.370 e. The molecule has 0 bridgehead atoms. The van der Waals surface area contributed by atoms with E-state index in [0.29, 0.717) is 19.4 Å². The molecule has 1 atom stereocenters. The zero-order chi connectivity index (χ0) is 20.7. The average molecular weight is 413 g/mol. The number of hydrogen-bond donors (Lipinski definition) is 4. The van der Waals surface area contributed by atoms with Crippen LogP contribution >= 0.6 is 11.6 Å². The third-order valence-corrected chi connectivity index (χ3v) is 3.91. The van der Waals surface area contributed by atoms with Crippen LogP contribution in [0.15, 0.2) is 16.1 Å².